The van der Waals surface area contributed by atoms with Crippen LogP contribution >= 0.6 is 23.2 Å². The number of rotatable bonds is 4. The van der Waals surface area contributed by atoms with E-state index in [9.17, 15) is 9.90 Å². The number of nitrogens with one attached hydrogen (secondary N) is 1. The molecule has 0 aliphatic carbocycles. The van der Waals surface area contributed by atoms with Gasteiger partial charge in [-0.1, -0.05) is 23.2 Å². The Morgan fingerprint density at radius 3 is 2.89 bits per heavy atom. The molecule has 1 atom stereocenters. The molecule has 0 unspecified atom stereocenters. The zero-order chi connectivity index (χ0) is 13.8. The fourth-order valence-corrected chi connectivity index (χ4v) is 2.57. The SMILES string of the molecule is O=C(CN1CCC[C@@H]1CO)Nc1ccc(Cl)c(Cl)c1. The number of halogens is 2. The molecule has 0 bridgehead atoms. The summed E-state index contributed by atoms with van der Waals surface area (Å²) in [4.78, 5) is 13.9. The molecule has 1 aliphatic rings. The molecule has 1 aromatic carbocycles. The molecule has 4 nitrogen and oxygen atoms in total. The molecule has 0 aromatic heterocycles. The maximum absolute atomic E-state index is 11.9. The van der Waals surface area contributed by atoms with Crippen molar-refractivity contribution in [3.05, 3.63) is 28.2 Å². The molecule has 104 valence electrons. The lowest BCUT2D eigenvalue weighted by Crippen LogP contribution is -2.38. The van der Waals surface area contributed by atoms with E-state index >= 15 is 0 Å². The number of nitrogens with zero attached hydrogens (tertiary/aromatic N) is 1. The van der Waals surface area contributed by atoms with Gasteiger partial charge >= 0.3 is 0 Å². The van der Waals surface area contributed by atoms with E-state index in [0.717, 1.165) is 19.4 Å². The van der Waals surface area contributed by atoms with Crippen molar-refractivity contribution in [3.63, 3.8) is 0 Å². The van der Waals surface area contributed by atoms with Crippen molar-refractivity contribution in [2.75, 3.05) is 25.0 Å². The summed E-state index contributed by atoms with van der Waals surface area (Å²) in [6.07, 6.45) is 1.96. The van der Waals surface area contributed by atoms with Gasteiger partial charge in [-0.15, -0.1) is 0 Å². The van der Waals surface area contributed by atoms with Gasteiger partial charge in [0.1, 0.15) is 0 Å². The maximum atomic E-state index is 11.9. The number of amides is 1. The molecule has 1 fully saturated rings. The summed E-state index contributed by atoms with van der Waals surface area (Å²) in [5, 5.41) is 12.8. The van der Waals surface area contributed by atoms with E-state index in [4.69, 9.17) is 23.2 Å². The van der Waals surface area contributed by atoms with Crippen molar-refractivity contribution in [1.29, 1.82) is 0 Å². The number of hydrogen-bond acceptors (Lipinski definition) is 3. The zero-order valence-electron chi connectivity index (χ0n) is 10.4. The summed E-state index contributed by atoms with van der Waals surface area (Å²) in [5.41, 5.74) is 0.624. The minimum atomic E-state index is -0.112. The number of benzene rings is 1. The van der Waals surface area contributed by atoms with Crippen LogP contribution < -0.4 is 5.32 Å². The largest absolute Gasteiger partial charge is 0.395 e. The van der Waals surface area contributed by atoms with Crippen LogP contribution in [-0.4, -0.2) is 41.7 Å². The Bertz CT molecular complexity index is 468. The second-order valence-electron chi connectivity index (χ2n) is 4.63. The predicted molar refractivity (Wildman–Crippen MR) is 76.8 cm³/mol. The summed E-state index contributed by atoms with van der Waals surface area (Å²) in [6.45, 7) is 1.23. The van der Waals surface area contributed by atoms with Gasteiger partial charge in [0.2, 0.25) is 5.91 Å². The van der Waals surface area contributed by atoms with Crippen molar-refractivity contribution in [1.82, 2.24) is 4.90 Å². The summed E-state index contributed by atoms with van der Waals surface area (Å²) in [7, 11) is 0. The van der Waals surface area contributed by atoms with Crippen molar-refractivity contribution in [2.24, 2.45) is 0 Å². The van der Waals surface area contributed by atoms with Crippen LogP contribution in [0.15, 0.2) is 18.2 Å². The molecule has 0 saturated carbocycles. The smallest absolute Gasteiger partial charge is 0.238 e. The molecule has 2 rings (SSSR count). The van der Waals surface area contributed by atoms with E-state index < -0.39 is 0 Å². The fraction of sp³-hybridized carbons (Fsp3) is 0.462. The summed E-state index contributed by atoms with van der Waals surface area (Å²) >= 11 is 11.7. The molecule has 6 heteroatoms. The van der Waals surface area contributed by atoms with Crippen molar-refractivity contribution < 1.29 is 9.90 Å². The van der Waals surface area contributed by atoms with Gasteiger partial charge in [-0.25, -0.2) is 0 Å². The molecule has 0 radical (unpaired) electrons. The van der Waals surface area contributed by atoms with Gasteiger partial charge in [-0.2, -0.15) is 0 Å². The average molecular weight is 303 g/mol. The normalized spacial score (nSPS) is 19.6. The summed E-state index contributed by atoms with van der Waals surface area (Å²) < 4.78 is 0. The predicted octanol–water partition coefficient (Wildman–Crippen LogP) is 2.39. The molecule has 2 N–H and O–H groups in total. The number of carbonyl (C=O) groups excluding carboxylic acids is 1. The number of aliphatic hydroxyl groups is 1. The van der Waals surface area contributed by atoms with Crippen LogP contribution in [0, 0.1) is 0 Å². The van der Waals surface area contributed by atoms with E-state index in [1.165, 1.54) is 0 Å². The Kier molecular flexibility index (Phi) is 5.05. The highest BCUT2D eigenvalue weighted by Crippen LogP contribution is 2.25. The topological polar surface area (TPSA) is 52.6 Å². The minimum Gasteiger partial charge on any atom is -0.395 e. The van der Waals surface area contributed by atoms with Crippen LogP contribution in [0.2, 0.25) is 10.0 Å². The van der Waals surface area contributed by atoms with Gasteiger partial charge in [0, 0.05) is 11.7 Å². The van der Waals surface area contributed by atoms with E-state index in [1.54, 1.807) is 18.2 Å². The maximum Gasteiger partial charge on any atom is 0.238 e. The highest BCUT2D eigenvalue weighted by Gasteiger charge is 2.25. The zero-order valence-corrected chi connectivity index (χ0v) is 11.9. The van der Waals surface area contributed by atoms with Gasteiger partial charge in [0.25, 0.3) is 0 Å². The fourth-order valence-electron chi connectivity index (χ4n) is 2.27. The van der Waals surface area contributed by atoms with Crippen LogP contribution in [0.5, 0.6) is 0 Å². The quantitative estimate of drug-likeness (QED) is 0.898. The van der Waals surface area contributed by atoms with Gasteiger partial charge in [0.15, 0.2) is 0 Å². The number of likely N-dealkylation sites (tertiary alicyclic amines) is 1. The minimum absolute atomic E-state index is 0.0968. The second kappa shape index (κ2) is 6.57. The van der Waals surface area contributed by atoms with Crippen LogP contribution in [0.3, 0.4) is 0 Å². The molecule has 1 aromatic rings. The lowest BCUT2D eigenvalue weighted by molar-refractivity contribution is -0.117. The third-order valence-corrected chi connectivity index (χ3v) is 4.00. The first-order chi connectivity index (χ1) is 9.10. The molecular formula is C13H16Cl2N2O2. The molecular weight excluding hydrogens is 287 g/mol. The lowest BCUT2D eigenvalue weighted by Gasteiger charge is -2.21. The third kappa shape index (κ3) is 3.83. The Morgan fingerprint density at radius 1 is 1.42 bits per heavy atom. The van der Waals surface area contributed by atoms with Crippen molar-refractivity contribution in [3.8, 4) is 0 Å². The highest BCUT2D eigenvalue weighted by molar-refractivity contribution is 6.42. The lowest BCUT2D eigenvalue weighted by atomic mass is 10.2. The number of hydrogen-bond donors (Lipinski definition) is 2. The molecule has 1 aliphatic heterocycles. The van der Waals surface area contributed by atoms with E-state index in [-0.39, 0.29) is 25.1 Å². The van der Waals surface area contributed by atoms with Crippen molar-refractivity contribution >= 4 is 34.8 Å². The van der Waals surface area contributed by atoms with Crippen LogP contribution in [0.1, 0.15) is 12.8 Å². The van der Waals surface area contributed by atoms with Crippen LogP contribution in [0.25, 0.3) is 0 Å². The van der Waals surface area contributed by atoms with Crippen molar-refractivity contribution in [2.45, 2.75) is 18.9 Å². The summed E-state index contributed by atoms with van der Waals surface area (Å²) in [5.74, 6) is -0.112. The van der Waals surface area contributed by atoms with Gasteiger partial charge in [-0.05, 0) is 37.6 Å². The first-order valence-electron chi connectivity index (χ1n) is 6.20. The van der Waals surface area contributed by atoms with Gasteiger partial charge in [-0.3, -0.25) is 9.69 Å². The molecule has 1 amide bonds. The van der Waals surface area contributed by atoms with E-state index in [1.807, 2.05) is 4.90 Å². The Balaban J connectivity index is 1.92. The molecule has 1 saturated heterocycles. The van der Waals surface area contributed by atoms with E-state index in [0.29, 0.717) is 15.7 Å². The Hall–Kier alpha value is -0.810. The Morgan fingerprint density at radius 2 is 2.21 bits per heavy atom. The van der Waals surface area contributed by atoms with Crippen LogP contribution in [0.4, 0.5) is 5.69 Å². The third-order valence-electron chi connectivity index (χ3n) is 3.26. The first-order valence-corrected chi connectivity index (χ1v) is 6.95. The van der Waals surface area contributed by atoms with E-state index in [2.05, 4.69) is 5.32 Å². The standard InChI is InChI=1S/C13H16Cl2N2O2/c14-11-4-3-9(6-12(11)15)16-13(19)7-17-5-1-2-10(17)8-18/h3-4,6,10,18H,1-2,5,7-8H2,(H,16,19)/t10-/m1/s1. The number of anilines is 1. The first kappa shape index (κ1) is 14.6. The monoisotopic (exact) mass is 302 g/mol. The highest BCUT2D eigenvalue weighted by atomic mass is 35.5. The van der Waals surface area contributed by atoms with Gasteiger partial charge < -0.3 is 10.4 Å². The summed E-state index contributed by atoms with van der Waals surface area (Å²) in [6, 6.07) is 5.07. The average Bonchev–Trinajstić information content (AvgIpc) is 2.81. The number of carbonyl (C=O) groups is 1. The van der Waals surface area contributed by atoms with Crippen LogP contribution in [-0.2, 0) is 4.79 Å². The number of aliphatic hydroxyl groups excluding tert-OH is 1. The molecule has 0 spiro atoms. The molecule has 19 heavy (non-hydrogen) atoms. The second-order valence-corrected chi connectivity index (χ2v) is 5.44. The Labute approximate surface area is 122 Å². The molecule has 1 heterocycles. The van der Waals surface area contributed by atoms with Gasteiger partial charge in [0.05, 0.1) is 23.2 Å².